The fourth-order valence-corrected chi connectivity index (χ4v) is 2.10. The van der Waals surface area contributed by atoms with Gasteiger partial charge in [-0.3, -0.25) is 0 Å². The van der Waals surface area contributed by atoms with Gasteiger partial charge in [-0.25, -0.2) is 23.1 Å². The predicted octanol–water partition coefficient (Wildman–Crippen LogP) is 4.54. The average Bonchev–Trinajstić information content (AvgIpc) is 2.53. The van der Waals surface area contributed by atoms with Crippen LogP contribution in [0, 0.1) is 24.4 Å². The Kier molecular flexibility index (Phi) is 3.63. The topological polar surface area (TPSA) is 25.8 Å². The van der Waals surface area contributed by atoms with E-state index >= 15 is 0 Å². The van der Waals surface area contributed by atoms with Crippen LogP contribution < -0.4 is 0 Å². The first kappa shape index (κ1) is 14.3. The Morgan fingerprint density at radius 1 is 0.818 bits per heavy atom. The fourth-order valence-electron chi connectivity index (χ4n) is 2.10. The Bertz CT molecular complexity index is 830. The van der Waals surface area contributed by atoms with Crippen LogP contribution in [0.5, 0.6) is 0 Å². The third kappa shape index (κ3) is 2.57. The SMILES string of the molecule is Cc1ccc(-c2ncc(-c3cccc(F)c3)cn2)c(F)c1F. The number of nitrogens with zero attached hydrogens (tertiary/aromatic N) is 2. The number of hydrogen-bond donors (Lipinski definition) is 0. The molecule has 1 heterocycles. The molecular formula is C17H11F3N2. The Morgan fingerprint density at radius 3 is 2.23 bits per heavy atom. The molecule has 0 aliphatic heterocycles. The maximum Gasteiger partial charge on any atom is 0.170 e. The van der Waals surface area contributed by atoms with Crippen molar-refractivity contribution in [2.45, 2.75) is 6.92 Å². The molecule has 3 aromatic rings. The van der Waals surface area contributed by atoms with E-state index < -0.39 is 11.6 Å². The van der Waals surface area contributed by atoms with Crippen molar-refractivity contribution in [2.24, 2.45) is 0 Å². The zero-order valence-electron chi connectivity index (χ0n) is 11.6. The molecule has 0 radical (unpaired) electrons. The minimum Gasteiger partial charge on any atom is -0.236 e. The van der Waals surface area contributed by atoms with Crippen LogP contribution in [0.15, 0.2) is 48.8 Å². The van der Waals surface area contributed by atoms with Crippen molar-refractivity contribution in [1.29, 1.82) is 0 Å². The standard InChI is InChI=1S/C17H11F3N2/c1-10-5-6-14(16(20)15(10)19)17-21-8-12(9-22-17)11-3-2-4-13(18)7-11/h2-9H,1H3. The summed E-state index contributed by atoms with van der Waals surface area (Å²) in [7, 11) is 0. The minimum atomic E-state index is -0.974. The Morgan fingerprint density at radius 2 is 1.55 bits per heavy atom. The first-order valence-electron chi connectivity index (χ1n) is 6.59. The van der Waals surface area contributed by atoms with E-state index in [1.807, 2.05) is 0 Å². The van der Waals surface area contributed by atoms with Gasteiger partial charge in [0.1, 0.15) is 5.82 Å². The molecule has 0 amide bonds. The lowest BCUT2D eigenvalue weighted by Crippen LogP contribution is -1.97. The summed E-state index contributed by atoms with van der Waals surface area (Å²) in [6, 6.07) is 8.89. The van der Waals surface area contributed by atoms with Gasteiger partial charge in [-0.15, -0.1) is 0 Å². The lowest BCUT2D eigenvalue weighted by Gasteiger charge is -2.06. The summed E-state index contributed by atoms with van der Waals surface area (Å²) in [5.74, 6) is -2.17. The first-order valence-corrected chi connectivity index (χ1v) is 6.59. The Balaban J connectivity index is 2.00. The van der Waals surface area contributed by atoms with Gasteiger partial charge in [-0.05, 0) is 36.2 Å². The zero-order valence-corrected chi connectivity index (χ0v) is 11.6. The van der Waals surface area contributed by atoms with Crippen LogP contribution in [0.1, 0.15) is 5.56 Å². The summed E-state index contributed by atoms with van der Waals surface area (Å²) in [6.07, 6.45) is 2.91. The highest BCUT2D eigenvalue weighted by Crippen LogP contribution is 2.25. The van der Waals surface area contributed by atoms with Crippen LogP contribution in [0.3, 0.4) is 0 Å². The van der Waals surface area contributed by atoms with Crippen molar-refractivity contribution in [3.8, 4) is 22.5 Å². The molecule has 22 heavy (non-hydrogen) atoms. The second-order valence-electron chi connectivity index (χ2n) is 4.86. The molecule has 1 aromatic heterocycles. The summed E-state index contributed by atoms with van der Waals surface area (Å²) >= 11 is 0. The van der Waals surface area contributed by atoms with Gasteiger partial charge in [-0.1, -0.05) is 18.2 Å². The molecule has 0 bridgehead atoms. The maximum absolute atomic E-state index is 13.9. The largest absolute Gasteiger partial charge is 0.236 e. The Labute approximate surface area is 125 Å². The smallest absolute Gasteiger partial charge is 0.170 e. The van der Waals surface area contributed by atoms with Crippen molar-refractivity contribution in [2.75, 3.05) is 0 Å². The lowest BCUT2D eigenvalue weighted by atomic mass is 10.1. The van der Waals surface area contributed by atoms with Gasteiger partial charge in [0.05, 0.1) is 5.56 Å². The molecule has 2 aromatic carbocycles. The van der Waals surface area contributed by atoms with E-state index in [9.17, 15) is 13.2 Å². The van der Waals surface area contributed by atoms with Crippen LogP contribution in [0.4, 0.5) is 13.2 Å². The van der Waals surface area contributed by atoms with Crippen LogP contribution in [0.2, 0.25) is 0 Å². The van der Waals surface area contributed by atoms with E-state index in [0.29, 0.717) is 11.1 Å². The van der Waals surface area contributed by atoms with Crippen molar-refractivity contribution in [1.82, 2.24) is 9.97 Å². The van der Waals surface area contributed by atoms with E-state index in [-0.39, 0.29) is 22.8 Å². The summed E-state index contributed by atoms with van der Waals surface area (Å²) in [6.45, 7) is 1.48. The predicted molar refractivity (Wildman–Crippen MR) is 77.5 cm³/mol. The summed E-state index contributed by atoms with van der Waals surface area (Å²) in [4.78, 5) is 8.09. The van der Waals surface area contributed by atoms with Gasteiger partial charge in [-0.2, -0.15) is 0 Å². The van der Waals surface area contributed by atoms with Crippen LogP contribution in [-0.2, 0) is 0 Å². The van der Waals surface area contributed by atoms with E-state index in [4.69, 9.17) is 0 Å². The third-order valence-electron chi connectivity index (χ3n) is 3.33. The van der Waals surface area contributed by atoms with Crippen molar-refractivity contribution >= 4 is 0 Å². The van der Waals surface area contributed by atoms with E-state index in [2.05, 4.69) is 9.97 Å². The Hall–Kier alpha value is -2.69. The molecule has 110 valence electrons. The van der Waals surface area contributed by atoms with Gasteiger partial charge in [0.2, 0.25) is 0 Å². The molecule has 0 N–H and O–H groups in total. The number of hydrogen-bond acceptors (Lipinski definition) is 2. The molecule has 0 aliphatic carbocycles. The monoisotopic (exact) mass is 300 g/mol. The molecular weight excluding hydrogens is 289 g/mol. The molecule has 0 saturated carbocycles. The van der Waals surface area contributed by atoms with Crippen molar-refractivity contribution in [3.63, 3.8) is 0 Å². The molecule has 0 fully saturated rings. The zero-order chi connectivity index (χ0) is 15.7. The highest BCUT2D eigenvalue weighted by molar-refractivity contribution is 5.64. The van der Waals surface area contributed by atoms with Crippen LogP contribution >= 0.6 is 0 Å². The number of rotatable bonds is 2. The summed E-state index contributed by atoms with van der Waals surface area (Å²) in [5.41, 5.74) is 1.42. The molecule has 0 saturated heterocycles. The van der Waals surface area contributed by atoms with Gasteiger partial charge in [0.15, 0.2) is 17.5 Å². The minimum absolute atomic E-state index is 0.00566. The van der Waals surface area contributed by atoms with Crippen molar-refractivity contribution < 1.29 is 13.2 Å². The van der Waals surface area contributed by atoms with Gasteiger partial charge in [0, 0.05) is 18.0 Å². The van der Waals surface area contributed by atoms with Gasteiger partial charge in [0.25, 0.3) is 0 Å². The van der Waals surface area contributed by atoms with Gasteiger partial charge >= 0.3 is 0 Å². The molecule has 2 nitrogen and oxygen atoms in total. The molecule has 5 heteroatoms. The van der Waals surface area contributed by atoms with E-state index in [1.165, 1.54) is 43.6 Å². The molecule has 0 aliphatic rings. The molecule has 3 rings (SSSR count). The van der Waals surface area contributed by atoms with Crippen LogP contribution in [0.25, 0.3) is 22.5 Å². The quantitative estimate of drug-likeness (QED) is 0.694. The van der Waals surface area contributed by atoms with Crippen LogP contribution in [-0.4, -0.2) is 9.97 Å². The number of aryl methyl sites for hydroxylation is 1. The van der Waals surface area contributed by atoms with Gasteiger partial charge < -0.3 is 0 Å². The number of benzene rings is 2. The normalized spacial score (nSPS) is 10.7. The fraction of sp³-hybridized carbons (Fsp3) is 0.0588. The summed E-state index contributed by atoms with van der Waals surface area (Å²) < 4.78 is 40.7. The van der Waals surface area contributed by atoms with E-state index in [0.717, 1.165) is 0 Å². The average molecular weight is 300 g/mol. The third-order valence-corrected chi connectivity index (χ3v) is 3.33. The summed E-state index contributed by atoms with van der Waals surface area (Å²) in [5, 5.41) is 0. The first-order chi connectivity index (χ1) is 10.6. The number of halogens is 3. The lowest BCUT2D eigenvalue weighted by molar-refractivity contribution is 0.505. The highest BCUT2D eigenvalue weighted by Gasteiger charge is 2.14. The van der Waals surface area contributed by atoms with E-state index in [1.54, 1.807) is 12.1 Å². The van der Waals surface area contributed by atoms with Crippen molar-refractivity contribution in [3.05, 3.63) is 71.8 Å². The molecule has 0 spiro atoms. The second kappa shape index (κ2) is 5.60. The second-order valence-corrected chi connectivity index (χ2v) is 4.86. The molecule has 0 atom stereocenters. The molecule has 0 unspecified atom stereocenters. The maximum atomic E-state index is 13.9. The number of aromatic nitrogens is 2. The highest BCUT2D eigenvalue weighted by atomic mass is 19.2.